The highest BCUT2D eigenvalue weighted by Crippen LogP contribution is 2.29. The Balaban J connectivity index is 1.48. The zero-order valence-corrected chi connectivity index (χ0v) is 15.6. The highest BCUT2D eigenvalue weighted by atomic mass is 16.5. The van der Waals surface area contributed by atoms with Crippen LogP contribution < -0.4 is 16.0 Å². The van der Waals surface area contributed by atoms with Crippen molar-refractivity contribution in [2.24, 2.45) is 17.6 Å². The summed E-state index contributed by atoms with van der Waals surface area (Å²) in [5.74, 6) is 2.07. The van der Waals surface area contributed by atoms with Crippen molar-refractivity contribution >= 4 is 28.6 Å². The van der Waals surface area contributed by atoms with E-state index in [0.717, 1.165) is 75.3 Å². The summed E-state index contributed by atoms with van der Waals surface area (Å²) in [6.07, 6.45) is 3.81. The zero-order valence-electron chi connectivity index (χ0n) is 15.6. The number of nitrogens with one attached hydrogen (secondary N) is 1. The molecule has 0 bridgehead atoms. The van der Waals surface area contributed by atoms with Crippen molar-refractivity contribution in [3.05, 3.63) is 24.3 Å². The molecule has 0 spiro atoms. The van der Waals surface area contributed by atoms with Crippen LogP contribution >= 0.6 is 0 Å². The van der Waals surface area contributed by atoms with Crippen LogP contribution in [0, 0.1) is 11.8 Å². The third kappa shape index (κ3) is 4.13. The Morgan fingerprint density at radius 1 is 1.15 bits per heavy atom. The van der Waals surface area contributed by atoms with Crippen molar-refractivity contribution in [2.45, 2.75) is 25.7 Å². The molecule has 4 rings (SSSR count). The standard InChI is InChI=1S/C20H27N5O2/c21-18(26)15-7-5-14(6-8-15)13-22-20-23-17-4-2-1-3-16(17)19(24-20)25-9-11-27-12-10-25/h1-4,14-15H,5-13H2,(H2,21,26)(H,22,23,24). The highest BCUT2D eigenvalue weighted by Gasteiger charge is 2.25. The predicted molar refractivity (Wildman–Crippen MR) is 106 cm³/mol. The number of benzene rings is 1. The number of primary amides is 1. The van der Waals surface area contributed by atoms with Crippen LogP contribution in [0.1, 0.15) is 25.7 Å². The SMILES string of the molecule is NC(=O)C1CCC(CNc2nc(N3CCOCC3)c3ccccc3n2)CC1. The van der Waals surface area contributed by atoms with Gasteiger partial charge < -0.3 is 20.7 Å². The maximum absolute atomic E-state index is 11.3. The van der Waals surface area contributed by atoms with Crippen LogP contribution in [0.3, 0.4) is 0 Å². The second-order valence-electron chi connectivity index (χ2n) is 7.49. The molecule has 1 saturated carbocycles. The van der Waals surface area contributed by atoms with E-state index in [1.54, 1.807) is 0 Å². The minimum Gasteiger partial charge on any atom is -0.378 e. The molecule has 1 aromatic heterocycles. The van der Waals surface area contributed by atoms with Crippen molar-refractivity contribution < 1.29 is 9.53 Å². The van der Waals surface area contributed by atoms with Crippen molar-refractivity contribution in [3.8, 4) is 0 Å². The van der Waals surface area contributed by atoms with E-state index in [2.05, 4.69) is 16.3 Å². The van der Waals surface area contributed by atoms with Gasteiger partial charge in [-0.15, -0.1) is 0 Å². The summed E-state index contributed by atoms with van der Waals surface area (Å²) in [6.45, 7) is 3.97. The van der Waals surface area contributed by atoms with Crippen LogP contribution in [0.15, 0.2) is 24.3 Å². The van der Waals surface area contributed by atoms with Crippen LogP contribution in [0.2, 0.25) is 0 Å². The number of rotatable bonds is 5. The first-order valence-corrected chi connectivity index (χ1v) is 9.83. The molecule has 1 aliphatic heterocycles. The second-order valence-corrected chi connectivity index (χ2v) is 7.49. The van der Waals surface area contributed by atoms with E-state index in [0.29, 0.717) is 11.9 Å². The monoisotopic (exact) mass is 369 g/mol. The molecule has 3 N–H and O–H groups in total. The molecule has 1 aliphatic carbocycles. The van der Waals surface area contributed by atoms with Gasteiger partial charge >= 0.3 is 0 Å². The van der Waals surface area contributed by atoms with Crippen molar-refractivity contribution in [2.75, 3.05) is 43.1 Å². The van der Waals surface area contributed by atoms with Gasteiger partial charge in [0.1, 0.15) is 5.82 Å². The molecule has 1 aromatic carbocycles. The van der Waals surface area contributed by atoms with Gasteiger partial charge in [0.05, 0.1) is 18.7 Å². The van der Waals surface area contributed by atoms with Gasteiger partial charge in [0.15, 0.2) is 0 Å². The molecule has 7 nitrogen and oxygen atoms in total. The third-order valence-electron chi connectivity index (χ3n) is 5.69. The number of para-hydroxylation sites is 1. The lowest BCUT2D eigenvalue weighted by atomic mass is 9.82. The Kier molecular flexibility index (Phi) is 5.38. The van der Waals surface area contributed by atoms with E-state index >= 15 is 0 Å². The van der Waals surface area contributed by atoms with E-state index in [1.165, 1.54) is 0 Å². The average molecular weight is 369 g/mol. The van der Waals surface area contributed by atoms with E-state index in [4.69, 9.17) is 20.4 Å². The Hall–Kier alpha value is -2.41. The van der Waals surface area contributed by atoms with Gasteiger partial charge in [-0.05, 0) is 43.7 Å². The Morgan fingerprint density at radius 3 is 2.63 bits per heavy atom. The fraction of sp³-hybridized carbons (Fsp3) is 0.550. The Bertz CT molecular complexity index is 798. The molecule has 2 fully saturated rings. The molecule has 27 heavy (non-hydrogen) atoms. The van der Waals surface area contributed by atoms with Crippen molar-refractivity contribution in [1.29, 1.82) is 0 Å². The summed E-state index contributed by atoms with van der Waals surface area (Å²) in [4.78, 5) is 23.1. The second kappa shape index (κ2) is 8.08. The fourth-order valence-electron chi connectivity index (χ4n) is 4.04. The maximum atomic E-state index is 11.3. The number of amides is 1. The minimum atomic E-state index is -0.158. The molecule has 0 unspecified atom stereocenters. The number of nitrogens with two attached hydrogens (primary N) is 1. The predicted octanol–water partition coefficient (Wildman–Crippen LogP) is 2.17. The number of anilines is 2. The van der Waals surface area contributed by atoms with Crippen LogP contribution in [0.5, 0.6) is 0 Å². The topological polar surface area (TPSA) is 93.4 Å². The lowest BCUT2D eigenvalue weighted by Gasteiger charge is -2.29. The number of morpholine rings is 1. The van der Waals surface area contributed by atoms with Gasteiger partial charge in [-0.3, -0.25) is 4.79 Å². The molecular weight excluding hydrogens is 342 g/mol. The van der Waals surface area contributed by atoms with Crippen LogP contribution in [0.25, 0.3) is 10.9 Å². The van der Waals surface area contributed by atoms with Gasteiger partial charge in [0, 0.05) is 30.9 Å². The van der Waals surface area contributed by atoms with Crippen LogP contribution in [-0.2, 0) is 9.53 Å². The normalized spacial score (nSPS) is 23.3. The molecule has 2 heterocycles. The Labute approximate surface area is 159 Å². The van der Waals surface area contributed by atoms with Gasteiger partial charge in [0.25, 0.3) is 0 Å². The summed E-state index contributed by atoms with van der Waals surface area (Å²) in [6, 6.07) is 8.15. The maximum Gasteiger partial charge on any atom is 0.225 e. The van der Waals surface area contributed by atoms with Crippen molar-refractivity contribution in [1.82, 2.24) is 9.97 Å². The number of hydrogen-bond donors (Lipinski definition) is 2. The summed E-state index contributed by atoms with van der Waals surface area (Å²) in [5.41, 5.74) is 6.38. The first-order chi connectivity index (χ1) is 13.2. The molecule has 1 saturated heterocycles. The summed E-state index contributed by atoms with van der Waals surface area (Å²) in [5, 5.41) is 4.51. The number of fused-ring (bicyclic) bond motifs is 1. The number of carbonyl (C=O) groups excluding carboxylic acids is 1. The lowest BCUT2D eigenvalue weighted by Crippen LogP contribution is -2.37. The molecular formula is C20H27N5O2. The molecule has 0 atom stereocenters. The molecule has 2 aliphatic rings. The van der Waals surface area contributed by atoms with E-state index in [1.807, 2.05) is 18.2 Å². The number of nitrogens with zero attached hydrogens (tertiary/aromatic N) is 3. The highest BCUT2D eigenvalue weighted by molar-refractivity contribution is 5.90. The van der Waals surface area contributed by atoms with Gasteiger partial charge in [-0.2, -0.15) is 4.98 Å². The fourth-order valence-corrected chi connectivity index (χ4v) is 4.04. The van der Waals surface area contributed by atoms with Crippen LogP contribution in [0.4, 0.5) is 11.8 Å². The van der Waals surface area contributed by atoms with Gasteiger partial charge in [-0.1, -0.05) is 12.1 Å². The number of ether oxygens (including phenoxy) is 1. The first-order valence-electron chi connectivity index (χ1n) is 9.83. The number of aromatic nitrogens is 2. The van der Waals surface area contributed by atoms with Crippen molar-refractivity contribution in [3.63, 3.8) is 0 Å². The third-order valence-corrected chi connectivity index (χ3v) is 5.69. The molecule has 144 valence electrons. The quantitative estimate of drug-likeness (QED) is 0.839. The average Bonchev–Trinajstić information content (AvgIpc) is 2.72. The lowest BCUT2D eigenvalue weighted by molar-refractivity contribution is -0.122. The largest absolute Gasteiger partial charge is 0.378 e. The summed E-state index contributed by atoms with van der Waals surface area (Å²) in [7, 11) is 0. The van der Waals surface area contributed by atoms with Crippen LogP contribution in [-0.4, -0.2) is 48.7 Å². The number of carbonyl (C=O) groups is 1. The molecule has 0 radical (unpaired) electrons. The first kappa shape index (κ1) is 18.0. The molecule has 2 aromatic rings. The summed E-state index contributed by atoms with van der Waals surface area (Å²) >= 11 is 0. The minimum absolute atomic E-state index is 0.0473. The Morgan fingerprint density at radius 2 is 1.89 bits per heavy atom. The van der Waals surface area contributed by atoms with E-state index in [-0.39, 0.29) is 11.8 Å². The molecule has 7 heteroatoms. The smallest absolute Gasteiger partial charge is 0.225 e. The van der Waals surface area contributed by atoms with E-state index < -0.39 is 0 Å². The zero-order chi connectivity index (χ0) is 18.6. The number of hydrogen-bond acceptors (Lipinski definition) is 6. The van der Waals surface area contributed by atoms with Gasteiger partial charge in [0.2, 0.25) is 11.9 Å². The van der Waals surface area contributed by atoms with E-state index in [9.17, 15) is 4.79 Å². The van der Waals surface area contributed by atoms with Gasteiger partial charge in [-0.25, -0.2) is 4.98 Å². The summed E-state index contributed by atoms with van der Waals surface area (Å²) < 4.78 is 5.48. The molecule has 1 amide bonds.